The molecule has 4 bridgehead atoms. The molecule has 0 atom stereocenters. The lowest BCUT2D eigenvalue weighted by atomic mass is 9.50. The number of nitrogens with one attached hydrogen (secondary N) is 1. The summed E-state index contributed by atoms with van der Waals surface area (Å²) in [6.45, 7) is 3.87. The average Bonchev–Trinajstić information content (AvgIpc) is 3.38. The Labute approximate surface area is 201 Å². The fourth-order valence-corrected chi connectivity index (χ4v) is 8.82. The molecule has 4 aliphatic carbocycles. The maximum atomic E-state index is 13.2. The number of rotatable bonds is 6. The van der Waals surface area contributed by atoms with Gasteiger partial charge in [0.2, 0.25) is 5.13 Å². The Morgan fingerprint density at radius 2 is 1.82 bits per heavy atom. The lowest BCUT2D eigenvalue weighted by molar-refractivity contribution is -0.00555. The molecule has 0 saturated heterocycles. The van der Waals surface area contributed by atoms with Gasteiger partial charge < -0.3 is 4.52 Å². The highest BCUT2D eigenvalue weighted by Gasteiger charge is 2.53. The van der Waals surface area contributed by atoms with Crippen LogP contribution < -0.4 is 5.32 Å². The lowest BCUT2D eigenvalue weighted by Crippen LogP contribution is -2.48. The summed E-state index contributed by atoms with van der Waals surface area (Å²) in [4.78, 5) is 14.1. The third-order valence-corrected chi connectivity index (χ3v) is 10.0. The van der Waals surface area contributed by atoms with Gasteiger partial charge in [-0.15, -0.1) is 22.0 Å². The van der Waals surface area contributed by atoms with Crippen LogP contribution >= 0.6 is 23.1 Å². The third-order valence-electron chi connectivity index (χ3n) is 7.82. The molecule has 2 aromatic heterocycles. The van der Waals surface area contributed by atoms with Gasteiger partial charge in [0.05, 0.1) is 11.3 Å². The van der Waals surface area contributed by atoms with Crippen molar-refractivity contribution < 1.29 is 9.32 Å². The standard InChI is InChI=1S/C25H28N4O2S2/c1-14-20(15(2)31-29-14)13-32-21-6-4-3-5-19(21)22(30)26-24-28-27-23(33-24)25-10-16-7-17(11-25)9-18(8-16)12-25/h3-6,16-18H,7-13H2,1-2H3,(H,26,28,30). The Kier molecular flexibility index (Phi) is 5.33. The summed E-state index contributed by atoms with van der Waals surface area (Å²) in [5.74, 6) is 3.98. The quantitative estimate of drug-likeness (QED) is 0.426. The number of benzene rings is 1. The van der Waals surface area contributed by atoms with E-state index in [0.29, 0.717) is 16.4 Å². The van der Waals surface area contributed by atoms with Crippen molar-refractivity contribution in [2.24, 2.45) is 17.8 Å². The molecule has 7 rings (SSSR count). The summed E-state index contributed by atoms with van der Waals surface area (Å²) >= 11 is 3.21. The van der Waals surface area contributed by atoms with Crippen molar-refractivity contribution in [3.05, 3.63) is 51.9 Å². The molecule has 1 aromatic carbocycles. The van der Waals surface area contributed by atoms with Gasteiger partial charge in [-0.2, -0.15) is 0 Å². The van der Waals surface area contributed by atoms with Crippen LogP contribution in [0.25, 0.3) is 0 Å². The number of hydrogen-bond acceptors (Lipinski definition) is 7. The van der Waals surface area contributed by atoms with E-state index in [1.165, 1.54) is 38.5 Å². The van der Waals surface area contributed by atoms with Crippen LogP contribution in [0.2, 0.25) is 0 Å². The van der Waals surface area contributed by atoms with Crippen LogP contribution in [0.15, 0.2) is 33.7 Å². The van der Waals surface area contributed by atoms with Crippen molar-refractivity contribution in [2.45, 2.75) is 68.4 Å². The van der Waals surface area contributed by atoms with E-state index in [0.717, 1.165) is 44.7 Å². The molecule has 1 N–H and O–H groups in total. The van der Waals surface area contributed by atoms with Gasteiger partial charge in [0.15, 0.2) is 0 Å². The molecule has 4 saturated carbocycles. The number of aryl methyl sites for hydroxylation is 2. The molecule has 4 aliphatic rings. The molecule has 0 radical (unpaired) electrons. The predicted molar refractivity (Wildman–Crippen MR) is 130 cm³/mol. The van der Waals surface area contributed by atoms with Gasteiger partial charge >= 0.3 is 0 Å². The molecular formula is C25H28N4O2S2. The van der Waals surface area contributed by atoms with E-state index in [4.69, 9.17) is 4.52 Å². The largest absolute Gasteiger partial charge is 0.361 e. The molecule has 6 nitrogen and oxygen atoms in total. The molecule has 2 heterocycles. The van der Waals surface area contributed by atoms with Crippen LogP contribution in [0.1, 0.15) is 70.9 Å². The van der Waals surface area contributed by atoms with Crippen LogP contribution in [-0.4, -0.2) is 21.3 Å². The van der Waals surface area contributed by atoms with Gasteiger partial charge in [-0.1, -0.05) is 28.6 Å². The first-order valence-electron chi connectivity index (χ1n) is 11.8. The zero-order chi connectivity index (χ0) is 22.6. The van der Waals surface area contributed by atoms with Gasteiger partial charge in [0.1, 0.15) is 10.8 Å². The number of hydrogen-bond donors (Lipinski definition) is 1. The van der Waals surface area contributed by atoms with Crippen molar-refractivity contribution >= 4 is 34.1 Å². The monoisotopic (exact) mass is 480 g/mol. The second-order valence-electron chi connectivity index (χ2n) is 10.2. The molecule has 172 valence electrons. The van der Waals surface area contributed by atoms with E-state index >= 15 is 0 Å². The Balaban J connectivity index is 1.18. The second-order valence-corrected chi connectivity index (χ2v) is 12.1. The number of carbonyl (C=O) groups excluding carboxylic acids is 1. The number of amides is 1. The van der Waals surface area contributed by atoms with E-state index < -0.39 is 0 Å². The smallest absolute Gasteiger partial charge is 0.258 e. The molecule has 8 heteroatoms. The van der Waals surface area contributed by atoms with Crippen molar-refractivity contribution in [3.8, 4) is 0 Å². The molecule has 1 amide bonds. The minimum Gasteiger partial charge on any atom is -0.361 e. The van der Waals surface area contributed by atoms with E-state index in [2.05, 4.69) is 20.7 Å². The van der Waals surface area contributed by atoms with E-state index in [-0.39, 0.29) is 11.3 Å². The Morgan fingerprint density at radius 3 is 2.48 bits per heavy atom. The van der Waals surface area contributed by atoms with Gasteiger partial charge in [-0.05, 0) is 82.3 Å². The number of aromatic nitrogens is 3. The number of carbonyl (C=O) groups is 1. The normalized spacial score (nSPS) is 27.8. The van der Waals surface area contributed by atoms with Gasteiger partial charge in [0.25, 0.3) is 5.91 Å². The van der Waals surface area contributed by atoms with Crippen molar-refractivity contribution in [1.29, 1.82) is 0 Å². The van der Waals surface area contributed by atoms with Crippen molar-refractivity contribution in [2.75, 3.05) is 5.32 Å². The molecule has 4 fully saturated rings. The number of anilines is 1. The number of nitrogens with zero attached hydrogens (tertiary/aromatic N) is 3. The minimum atomic E-state index is -0.134. The highest BCUT2D eigenvalue weighted by atomic mass is 32.2. The number of thioether (sulfide) groups is 1. The van der Waals surface area contributed by atoms with Crippen LogP contribution in [0.5, 0.6) is 0 Å². The van der Waals surface area contributed by atoms with Gasteiger partial charge in [0, 0.05) is 21.6 Å². The third kappa shape index (κ3) is 3.91. The van der Waals surface area contributed by atoms with Gasteiger partial charge in [-0.25, -0.2) is 0 Å². The molecule has 0 aliphatic heterocycles. The molecular weight excluding hydrogens is 452 g/mol. The lowest BCUT2D eigenvalue weighted by Gasteiger charge is -2.55. The van der Waals surface area contributed by atoms with Crippen LogP contribution in [0.4, 0.5) is 5.13 Å². The minimum absolute atomic E-state index is 0.134. The summed E-state index contributed by atoms with van der Waals surface area (Å²) in [5.41, 5.74) is 2.84. The Bertz CT molecular complexity index is 1150. The van der Waals surface area contributed by atoms with Crippen LogP contribution in [-0.2, 0) is 11.2 Å². The summed E-state index contributed by atoms with van der Waals surface area (Å²) in [6, 6.07) is 7.71. The molecule has 0 spiro atoms. The fourth-order valence-electron chi connectivity index (χ4n) is 6.66. The zero-order valence-electron chi connectivity index (χ0n) is 19.0. The first-order valence-corrected chi connectivity index (χ1v) is 13.6. The van der Waals surface area contributed by atoms with Crippen LogP contribution in [0, 0.1) is 31.6 Å². The van der Waals surface area contributed by atoms with E-state index in [1.54, 1.807) is 23.1 Å². The SMILES string of the molecule is Cc1noc(C)c1CSc1ccccc1C(=O)Nc1nnc(C23CC4CC(CC(C4)C2)C3)s1. The van der Waals surface area contributed by atoms with Gasteiger partial charge in [-0.3, -0.25) is 10.1 Å². The predicted octanol–water partition coefficient (Wildman–Crippen LogP) is 6.16. The first kappa shape index (κ1) is 21.4. The fraction of sp³-hybridized carbons (Fsp3) is 0.520. The summed E-state index contributed by atoms with van der Waals surface area (Å²) < 4.78 is 5.27. The maximum absolute atomic E-state index is 13.2. The molecule has 0 unspecified atom stereocenters. The molecule has 3 aromatic rings. The highest BCUT2D eigenvalue weighted by molar-refractivity contribution is 7.98. The zero-order valence-corrected chi connectivity index (χ0v) is 20.6. The van der Waals surface area contributed by atoms with Crippen molar-refractivity contribution in [1.82, 2.24) is 15.4 Å². The summed E-state index contributed by atoms with van der Waals surface area (Å²) in [7, 11) is 0. The Morgan fingerprint density at radius 1 is 1.12 bits per heavy atom. The van der Waals surface area contributed by atoms with Crippen LogP contribution in [0.3, 0.4) is 0 Å². The highest BCUT2D eigenvalue weighted by Crippen LogP contribution is 2.61. The van der Waals surface area contributed by atoms with Crippen molar-refractivity contribution in [3.63, 3.8) is 0 Å². The first-order chi connectivity index (χ1) is 16.0. The summed E-state index contributed by atoms with van der Waals surface area (Å²) in [5, 5.41) is 17.8. The maximum Gasteiger partial charge on any atom is 0.258 e. The average molecular weight is 481 g/mol. The van der Waals surface area contributed by atoms with E-state index in [9.17, 15) is 4.79 Å². The molecule has 33 heavy (non-hydrogen) atoms. The summed E-state index contributed by atoms with van der Waals surface area (Å²) in [6.07, 6.45) is 7.98. The Hall–Kier alpha value is -2.19. The van der Waals surface area contributed by atoms with E-state index in [1.807, 2.05) is 38.1 Å². The second kappa shape index (κ2) is 8.24. The topological polar surface area (TPSA) is 80.9 Å².